The Bertz CT molecular complexity index is 492. The van der Waals surface area contributed by atoms with E-state index in [1.807, 2.05) is 14.0 Å². The van der Waals surface area contributed by atoms with E-state index in [2.05, 4.69) is 4.90 Å². The molecule has 0 aliphatic carbocycles. The van der Waals surface area contributed by atoms with Crippen LogP contribution in [0.15, 0.2) is 18.2 Å². The van der Waals surface area contributed by atoms with Crippen molar-refractivity contribution in [1.82, 2.24) is 4.90 Å². The van der Waals surface area contributed by atoms with Gasteiger partial charge in [-0.1, -0.05) is 6.07 Å². The molecule has 1 atom stereocenters. The van der Waals surface area contributed by atoms with Crippen LogP contribution in [0, 0.1) is 5.82 Å². The van der Waals surface area contributed by atoms with E-state index in [0.717, 1.165) is 25.5 Å². The molecule has 1 aliphatic heterocycles. The number of aromatic carboxylic acids is 1. The lowest BCUT2D eigenvalue weighted by molar-refractivity contribution is 0.0141. The van der Waals surface area contributed by atoms with E-state index in [9.17, 15) is 9.18 Å². The number of rotatable bonds is 3. The summed E-state index contributed by atoms with van der Waals surface area (Å²) in [5, 5.41) is 9.08. The second kappa shape index (κ2) is 5.17. The van der Waals surface area contributed by atoms with Gasteiger partial charge in [-0.3, -0.25) is 0 Å². The maximum Gasteiger partial charge on any atom is 0.342 e. The highest BCUT2D eigenvalue weighted by Gasteiger charge is 2.33. The fourth-order valence-electron chi connectivity index (χ4n) is 2.60. The molecule has 0 aromatic heterocycles. The van der Waals surface area contributed by atoms with Crippen molar-refractivity contribution in [1.29, 1.82) is 0 Å². The zero-order chi connectivity index (χ0) is 14.0. The van der Waals surface area contributed by atoms with Gasteiger partial charge < -0.3 is 14.7 Å². The number of nitrogens with zero attached hydrogens (tertiary/aromatic N) is 1. The van der Waals surface area contributed by atoms with Crippen LogP contribution in [0.4, 0.5) is 4.39 Å². The number of halogens is 1. The summed E-state index contributed by atoms with van der Waals surface area (Å²) in [5.74, 6) is -1.97. The van der Waals surface area contributed by atoms with Gasteiger partial charge in [0.05, 0.1) is 0 Å². The molecule has 0 saturated carbocycles. The molecule has 1 aliphatic rings. The van der Waals surface area contributed by atoms with Crippen molar-refractivity contribution in [3.05, 3.63) is 29.6 Å². The Morgan fingerprint density at radius 1 is 1.53 bits per heavy atom. The smallest absolute Gasteiger partial charge is 0.342 e. The van der Waals surface area contributed by atoms with Crippen molar-refractivity contribution >= 4 is 5.97 Å². The largest absolute Gasteiger partial charge is 0.485 e. The molecule has 0 spiro atoms. The number of piperidine rings is 1. The third kappa shape index (κ3) is 3.04. The Morgan fingerprint density at radius 3 is 2.89 bits per heavy atom. The molecule has 0 amide bonds. The van der Waals surface area contributed by atoms with Crippen molar-refractivity contribution in [2.45, 2.75) is 25.4 Å². The van der Waals surface area contributed by atoms with Crippen LogP contribution < -0.4 is 4.74 Å². The number of hydrogen-bond acceptors (Lipinski definition) is 3. The van der Waals surface area contributed by atoms with E-state index in [1.54, 1.807) is 0 Å². The van der Waals surface area contributed by atoms with Gasteiger partial charge in [0.2, 0.25) is 0 Å². The van der Waals surface area contributed by atoms with Gasteiger partial charge in [-0.2, -0.15) is 0 Å². The third-order valence-electron chi connectivity index (χ3n) is 3.40. The molecule has 5 heteroatoms. The van der Waals surface area contributed by atoms with Gasteiger partial charge in [0.1, 0.15) is 22.7 Å². The van der Waals surface area contributed by atoms with Crippen molar-refractivity contribution in [2.24, 2.45) is 0 Å². The molecule has 1 saturated heterocycles. The van der Waals surface area contributed by atoms with E-state index < -0.39 is 23.0 Å². The average molecular weight is 267 g/mol. The average Bonchev–Trinajstić information content (AvgIpc) is 2.27. The molecule has 1 aromatic carbocycles. The summed E-state index contributed by atoms with van der Waals surface area (Å²) in [6.45, 7) is 3.62. The Morgan fingerprint density at radius 2 is 2.26 bits per heavy atom. The van der Waals surface area contributed by atoms with Gasteiger partial charge in [0.15, 0.2) is 0 Å². The highest BCUT2D eigenvalue weighted by atomic mass is 19.1. The molecule has 1 heterocycles. The van der Waals surface area contributed by atoms with Crippen molar-refractivity contribution < 1.29 is 19.0 Å². The van der Waals surface area contributed by atoms with E-state index in [1.165, 1.54) is 12.1 Å². The summed E-state index contributed by atoms with van der Waals surface area (Å²) >= 11 is 0. The molecule has 4 nitrogen and oxygen atoms in total. The van der Waals surface area contributed by atoms with Crippen molar-refractivity contribution in [3.8, 4) is 5.75 Å². The van der Waals surface area contributed by atoms with Gasteiger partial charge in [0.25, 0.3) is 0 Å². The van der Waals surface area contributed by atoms with Gasteiger partial charge in [-0.05, 0) is 45.5 Å². The highest BCUT2D eigenvalue weighted by Crippen LogP contribution is 2.30. The summed E-state index contributed by atoms with van der Waals surface area (Å²) < 4.78 is 19.4. The molecule has 1 unspecified atom stereocenters. The topological polar surface area (TPSA) is 49.8 Å². The first kappa shape index (κ1) is 13.8. The first-order valence-electron chi connectivity index (χ1n) is 6.31. The fraction of sp³-hybridized carbons (Fsp3) is 0.500. The highest BCUT2D eigenvalue weighted by molar-refractivity contribution is 5.91. The van der Waals surface area contributed by atoms with Gasteiger partial charge >= 0.3 is 5.97 Å². The number of ether oxygens (including phenoxy) is 1. The maximum atomic E-state index is 13.6. The second-order valence-electron chi connectivity index (χ2n) is 5.31. The van der Waals surface area contributed by atoms with Gasteiger partial charge in [-0.15, -0.1) is 0 Å². The van der Waals surface area contributed by atoms with E-state index >= 15 is 0 Å². The van der Waals surface area contributed by atoms with E-state index in [4.69, 9.17) is 9.84 Å². The normalized spacial score (nSPS) is 24.2. The van der Waals surface area contributed by atoms with Crippen LogP contribution in [0.3, 0.4) is 0 Å². The van der Waals surface area contributed by atoms with E-state index in [0.29, 0.717) is 6.54 Å². The minimum atomic E-state index is -1.30. The lowest BCUT2D eigenvalue weighted by atomic mass is 9.95. The summed E-state index contributed by atoms with van der Waals surface area (Å²) in [6, 6.07) is 4.10. The molecule has 2 rings (SSSR count). The Kier molecular flexibility index (Phi) is 3.75. The predicted octanol–water partition coefficient (Wildman–Crippen LogP) is 2.39. The number of carbonyl (C=O) groups is 1. The van der Waals surface area contributed by atoms with E-state index in [-0.39, 0.29) is 5.75 Å². The lowest BCUT2D eigenvalue weighted by Gasteiger charge is -2.39. The van der Waals surface area contributed by atoms with Crippen LogP contribution >= 0.6 is 0 Å². The monoisotopic (exact) mass is 267 g/mol. The number of hydrogen-bond donors (Lipinski definition) is 1. The Labute approximate surface area is 111 Å². The SMILES string of the molecule is CN1CCCC(C)(Oc2cccc(F)c2C(=O)O)C1. The second-order valence-corrected chi connectivity index (χ2v) is 5.31. The number of carboxylic acids is 1. The van der Waals surface area contributed by atoms with Crippen LogP contribution in [-0.4, -0.2) is 41.7 Å². The van der Waals surface area contributed by atoms with Crippen LogP contribution in [-0.2, 0) is 0 Å². The Balaban J connectivity index is 2.28. The quantitative estimate of drug-likeness (QED) is 0.913. The first-order chi connectivity index (χ1) is 8.91. The maximum absolute atomic E-state index is 13.6. The van der Waals surface area contributed by atoms with Crippen molar-refractivity contribution in [3.63, 3.8) is 0 Å². The van der Waals surface area contributed by atoms with Gasteiger partial charge in [-0.25, -0.2) is 9.18 Å². The molecule has 0 bridgehead atoms. The zero-order valence-corrected chi connectivity index (χ0v) is 11.1. The lowest BCUT2D eigenvalue weighted by Crippen LogP contribution is -2.48. The zero-order valence-electron chi connectivity index (χ0n) is 11.1. The third-order valence-corrected chi connectivity index (χ3v) is 3.40. The number of carboxylic acid groups (broad SMARTS) is 1. The molecule has 0 radical (unpaired) electrons. The van der Waals surface area contributed by atoms with Crippen molar-refractivity contribution in [2.75, 3.05) is 20.1 Å². The van der Waals surface area contributed by atoms with Crippen LogP contribution in [0.2, 0.25) is 0 Å². The minimum absolute atomic E-state index is 0.102. The first-order valence-corrected chi connectivity index (χ1v) is 6.31. The predicted molar refractivity (Wildman–Crippen MR) is 69.1 cm³/mol. The van der Waals surface area contributed by atoms with Crippen LogP contribution in [0.5, 0.6) is 5.75 Å². The summed E-state index contributed by atoms with van der Waals surface area (Å²) in [6.07, 6.45) is 1.80. The number of likely N-dealkylation sites (tertiary alicyclic amines) is 1. The molecule has 19 heavy (non-hydrogen) atoms. The Hall–Kier alpha value is -1.62. The molecule has 1 fully saturated rings. The molecular weight excluding hydrogens is 249 g/mol. The summed E-state index contributed by atoms with van der Waals surface area (Å²) in [4.78, 5) is 13.3. The van der Waals surface area contributed by atoms with Crippen LogP contribution in [0.25, 0.3) is 0 Å². The summed E-state index contributed by atoms with van der Waals surface area (Å²) in [5.41, 5.74) is -0.873. The summed E-state index contributed by atoms with van der Waals surface area (Å²) in [7, 11) is 1.99. The minimum Gasteiger partial charge on any atom is -0.485 e. The number of likely N-dealkylation sites (N-methyl/N-ethyl adjacent to an activating group) is 1. The molecule has 1 N–H and O–H groups in total. The molecular formula is C14H18FNO3. The number of benzene rings is 1. The van der Waals surface area contributed by atoms with Crippen LogP contribution in [0.1, 0.15) is 30.1 Å². The fourth-order valence-corrected chi connectivity index (χ4v) is 2.60. The van der Waals surface area contributed by atoms with Gasteiger partial charge in [0, 0.05) is 6.54 Å². The molecule has 1 aromatic rings. The standard InChI is InChI=1S/C14H18FNO3/c1-14(7-4-8-16(2)9-14)19-11-6-3-5-10(15)12(11)13(17)18/h3,5-6H,4,7-9H2,1-2H3,(H,17,18). The molecule has 104 valence electrons.